The van der Waals surface area contributed by atoms with E-state index in [9.17, 15) is 0 Å². The fourth-order valence-corrected chi connectivity index (χ4v) is 4.96. The van der Waals surface area contributed by atoms with Crippen LogP contribution in [-0.4, -0.2) is 4.57 Å². The second-order valence-corrected chi connectivity index (χ2v) is 10.5. The number of nitrogens with zero attached hydrogens (tertiary/aromatic N) is 2. The smallest absolute Gasteiger partial charge is 0.234 e. The van der Waals surface area contributed by atoms with Crippen molar-refractivity contribution in [3.05, 3.63) is 18.2 Å². The first-order chi connectivity index (χ1) is 15.7. The van der Waals surface area contributed by atoms with E-state index in [2.05, 4.69) is 49.2 Å². The summed E-state index contributed by atoms with van der Waals surface area (Å²) in [7, 11) is 0. The Labute approximate surface area is 202 Å². The van der Waals surface area contributed by atoms with Gasteiger partial charge in [0.15, 0.2) is 0 Å². The number of rotatable bonds is 23. The van der Waals surface area contributed by atoms with Crippen LogP contribution in [0.5, 0.6) is 0 Å². The summed E-state index contributed by atoms with van der Waals surface area (Å²) < 4.78 is 5.05. The van der Waals surface area contributed by atoms with E-state index in [1.54, 1.807) is 5.82 Å². The Balaban J connectivity index is 2.02. The van der Waals surface area contributed by atoms with Gasteiger partial charge in [0.1, 0.15) is 12.4 Å². The summed E-state index contributed by atoms with van der Waals surface area (Å²) in [5, 5.41) is 0. The molecule has 1 rings (SSSR count). The Hall–Kier alpha value is -0.790. The first-order valence-electron chi connectivity index (χ1n) is 14.8. The van der Waals surface area contributed by atoms with Crippen molar-refractivity contribution in [2.24, 2.45) is 0 Å². The first kappa shape index (κ1) is 29.2. The zero-order valence-corrected chi connectivity index (χ0v) is 22.7. The molecule has 1 aromatic rings. The minimum atomic E-state index is 0.572. The predicted molar refractivity (Wildman–Crippen MR) is 142 cm³/mol. The number of unbranched alkanes of at least 4 members (excludes halogenated alkanes) is 18. The lowest BCUT2D eigenvalue weighted by Crippen LogP contribution is -2.39. The van der Waals surface area contributed by atoms with Crippen LogP contribution >= 0.6 is 0 Å². The molecule has 0 bridgehead atoms. The topological polar surface area (TPSA) is 8.81 Å². The van der Waals surface area contributed by atoms with Crippen molar-refractivity contribution in [3.63, 3.8) is 0 Å². The van der Waals surface area contributed by atoms with E-state index < -0.39 is 0 Å². The van der Waals surface area contributed by atoms with Gasteiger partial charge < -0.3 is 0 Å². The molecule has 1 aromatic heterocycles. The van der Waals surface area contributed by atoms with Crippen LogP contribution in [-0.2, 0) is 13.0 Å². The molecule has 0 fully saturated rings. The SMILES string of the molecule is CCCCCCCCCCCCCCCCCCn1cc[n+](C(C)C)c1CCCCCC. The highest BCUT2D eigenvalue weighted by molar-refractivity contribution is 4.85. The molecular weight excluding hydrogens is 388 g/mol. The number of aryl methyl sites for hydroxylation is 1. The molecule has 0 amide bonds. The van der Waals surface area contributed by atoms with Gasteiger partial charge in [0.2, 0.25) is 0 Å². The fourth-order valence-electron chi connectivity index (χ4n) is 4.96. The molecule has 32 heavy (non-hydrogen) atoms. The molecule has 0 spiro atoms. The van der Waals surface area contributed by atoms with Gasteiger partial charge in [-0.3, -0.25) is 0 Å². The third-order valence-corrected chi connectivity index (χ3v) is 7.10. The molecule has 0 saturated heterocycles. The zero-order chi connectivity index (χ0) is 23.3. The summed E-state index contributed by atoms with van der Waals surface area (Å²) in [6.07, 6.45) is 34.4. The van der Waals surface area contributed by atoms with Crippen LogP contribution in [0, 0.1) is 0 Å². The molecule has 1 heterocycles. The lowest BCUT2D eigenvalue weighted by atomic mass is 10.0. The van der Waals surface area contributed by atoms with E-state index >= 15 is 0 Å². The minimum Gasteiger partial charge on any atom is -0.234 e. The molecular formula is C30H59N2+. The summed E-state index contributed by atoms with van der Waals surface area (Å²) in [5.74, 6) is 1.55. The predicted octanol–water partition coefficient (Wildman–Crippen LogP) is 9.74. The van der Waals surface area contributed by atoms with E-state index in [0.29, 0.717) is 6.04 Å². The summed E-state index contributed by atoms with van der Waals surface area (Å²) >= 11 is 0. The molecule has 0 radical (unpaired) electrons. The number of aromatic nitrogens is 2. The fraction of sp³-hybridized carbons (Fsp3) is 0.900. The molecule has 0 aliphatic carbocycles. The third kappa shape index (κ3) is 14.4. The Morgan fingerprint density at radius 1 is 0.594 bits per heavy atom. The van der Waals surface area contributed by atoms with Crippen molar-refractivity contribution < 1.29 is 4.57 Å². The molecule has 0 atom stereocenters. The number of hydrogen-bond donors (Lipinski definition) is 0. The van der Waals surface area contributed by atoms with Crippen molar-refractivity contribution in [1.29, 1.82) is 0 Å². The van der Waals surface area contributed by atoms with Crippen molar-refractivity contribution >= 4 is 0 Å². The molecule has 0 aliphatic heterocycles. The Morgan fingerprint density at radius 2 is 1.00 bits per heavy atom. The van der Waals surface area contributed by atoms with Gasteiger partial charge >= 0.3 is 0 Å². The standard InChI is InChI=1S/C30H59N2/c1-5-7-9-11-12-13-14-15-16-17-18-19-20-21-22-24-26-31-27-28-32(29(3)4)30(31)25-23-10-8-6-2/h27-29H,5-26H2,1-4H3/q+1. The van der Waals surface area contributed by atoms with Gasteiger partial charge in [-0.05, 0) is 33.1 Å². The molecule has 0 saturated carbocycles. The minimum absolute atomic E-state index is 0.572. The lowest BCUT2D eigenvalue weighted by molar-refractivity contribution is -0.722. The second kappa shape index (κ2) is 20.8. The van der Waals surface area contributed by atoms with Crippen molar-refractivity contribution in [1.82, 2.24) is 4.57 Å². The van der Waals surface area contributed by atoms with Gasteiger partial charge in [-0.25, -0.2) is 9.13 Å². The van der Waals surface area contributed by atoms with E-state index in [1.807, 2.05) is 0 Å². The summed E-state index contributed by atoms with van der Waals surface area (Å²) in [6, 6.07) is 0.572. The summed E-state index contributed by atoms with van der Waals surface area (Å²) in [4.78, 5) is 0. The van der Waals surface area contributed by atoms with Gasteiger partial charge in [0.05, 0.1) is 12.6 Å². The monoisotopic (exact) mass is 447 g/mol. The van der Waals surface area contributed by atoms with Gasteiger partial charge in [0, 0.05) is 6.42 Å². The normalized spacial score (nSPS) is 11.7. The number of imidazole rings is 1. The van der Waals surface area contributed by atoms with Crippen molar-refractivity contribution in [2.45, 2.75) is 175 Å². The maximum atomic E-state index is 2.55. The average Bonchev–Trinajstić information content (AvgIpc) is 3.19. The highest BCUT2D eigenvalue weighted by Crippen LogP contribution is 2.14. The molecule has 188 valence electrons. The first-order valence-corrected chi connectivity index (χ1v) is 14.8. The highest BCUT2D eigenvalue weighted by Gasteiger charge is 2.18. The molecule has 0 aliphatic rings. The van der Waals surface area contributed by atoms with Crippen LogP contribution < -0.4 is 4.57 Å². The van der Waals surface area contributed by atoms with Gasteiger partial charge in [-0.15, -0.1) is 0 Å². The van der Waals surface area contributed by atoms with Gasteiger partial charge in [0.25, 0.3) is 5.82 Å². The summed E-state index contributed by atoms with van der Waals surface area (Å²) in [6.45, 7) is 10.4. The van der Waals surface area contributed by atoms with E-state index in [1.165, 1.54) is 141 Å². The third-order valence-electron chi connectivity index (χ3n) is 7.10. The van der Waals surface area contributed by atoms with Crippen LogP contribution in [0.4, 0.5) is 0 Å². The molecule has 0 aromatic carbocycles. The molecule has 0 unspecified atom stereocenters. The van der Waals surface area contributed by atoms with Gasteiger partial charge in [-0.2, -0.15) is 0 Å². The van der Waals surface area contributed by atoms with E-state index in [4.69, 9.17) is 0 Å². The Morgan fingerprint density at radius 3 is 1.44 bits per heavy atom. The summed E-state index contributed by atoms with van der Waals surface area (Å²) in [5.41, 5.74) is 0. The Bertz CT molecular complexity index is 517. The molecule has 2 nitrogen and oxygen atoms in total. The average molecular weight is 448 g/mol. The van der Waals surface area contributed by atoms with E-state index in [0.717, 1.165) is 0 Å². The van der Waals surface area contributed by atoms with Crippen LogP contribution in [0.15, 0.2) is 12.4 Å². The largest absolute Gasteiger partial charge is 0.256 e. The Kier molecular flexibility index (Phi) is 19.0. The highest BCUT2D eigenvalue weighted by atomic mass is 15.2. The van der Waals surface area contributed by atoms with Crippen molar-refractivity contribution in [2.75, 3.05) is 0 Å². The molecule has 2 heteroatoms. The lowest BCUT2D eigenvalue weighted by Gasteiger charge is -2.08. The van der Waals surface area contributed by atoms with Gasteiger partial charge in [-0.1, -0.05) is 123 Å². The van der Waals surface area contributed by atoms with Crippen LogP contribution in [0.3, 0.4) is 0 Å². The zero-order valence-electron chi connectivity index (χ0n) is 22.7. The maximum absolute atomic E-state index is 2.55. The van der Waals surface area contributed by atoms with Crippen molar-refractivity contribution in [3.8, 4) is 0 Å². The second-order valence-electron chi connectivity index (χ2n) is 10.5. The maximum Gasteiger partial charge on any atom is 0.256 e. The van der Waals surface area contributed by atoms with Crippen LogP contribution in [0.1, 0.15) is 168 Å². The molecule has 0 N–H and O–H groups in total. The van der Waals surface area contributed by atoms with E-state index in [-0.39, 0.29) is 0 Å². The van der Waals surface area contributed by atoms with Crippen LogP contribution in [0.25, 0.3) is 0 Å². The van der Waals surface area contributed by atoms with Crippen LogP contribution in [0.2, 0.25) is 0 Å². The quantitative estimate of drug-likeness (QED) is 0.117. The number of hydrogen-bond acceptors (Lipinski definition) is 0.